The van der Waals surface area contributed by atoms with E-state index in [1.54, 1.807) is 6.92 Å². The van der Waals surface area contributed by atoms with Crippen LogP contribution in [0.5, 0.6) is 0 Å². The first-order valence-electron chi connectivity index (χ1n) is 7.88. The van der Waals surface area contributed by atoms with Crippen LogP contribution >= 0.6 is 7.60 Å². The lowest BCUT2D eigenvalue weighted by molar-refractivity contribution is -0.149. The summed E-state index contributed by atoms with van der Waals surface area (Å²) in [5, 5.41) is 29.3. The minimum Gasteiger partial charge on any atom is -0.479 e. The number of nitrogens with two attached hydrogens (primary N) is 1. The van der Waals surface area contributed by atoms with E-state index in [4.69, 9.17) is 30.1 Å². The van der Waals surface area contributed by atoms with Gasteiger partial charge in [-0.2, -0.15) is 0 Å². The highest BCUT2D eigenvalue weighted by Crippen LogP contribution is 2.42. The first kappa shape index (κ1) is 20.5. The highest BCUT2D eigenvalue weighted by Gasteiger charge is 2.46. The van der Waals surface area contributed by atoms with Gasteiger partial charge in [-0.05, 0) is 6.92 Å². The Morgan fingerprint density at radius 2 is 2.07 bits per heavy atom. The van der Waals surface area contributed by atoms with Crippen LogP contribution in [0.1, 0.15) is 12.1 Å². The number of aliphatic carboxylic acids is 1. The molecule has 7 N–H and O–H groups in total. The highest BCUT2D eigenvalue weighted by molar-refractivity contribution is 7.53. The van der Waals surface area contributed by atoms with Gasteiger partial charge in [0.25, 0.3) is 5.85 Å². The number of aliphatic hydroxyl groups excluding tert-OH is 2. The van der Waals surface area contributed by atoms with Crippen molar-refractivity contribution in [1.29, 1.82) is 0 Å². The lowest BCUT2D eigenvalue weighted by atomic mass is 10.1. The third-order valence-electron chi connectivity index (χ3n) is 4.11. The van der Waals surface area contributed by atoms with Crippen molar-refractivity contribution in [1.82, 2.24) is 19.5 Å². The molecule has 0 spiro atoms. The summed E-state index contributed by atoms with van der Waals surface area (Å²) in [4.78, 5) is 41.2. The maximum absolute atomic E-state index is 11.2. The van der Waals surface area contributed by atoms with Crippen LogP contribution in [0.3, 0.4) is 0 Å². The Morgan fingerprint density at radius 1 is 1.39 bits per heavy atom. The Morgan fingerprint density at radius 3 is 2.68 bits per heavy atom. The van der Waals surface area contributed by atoms with E-state index in [9.17, 15) is 19.6 Å². The smallest absolute Gasteiger partial charge is 0.365 e. The maximum atomic E-state index is 11.2. The Labute approximate surface area is 156 Å². The number of carbonyl (C=O) groups is 1. The van der Waals surface area contributed by atoms with Crippen molar-refractivity contribution in [3.05, 3.63) is 12.2 Å². The Kier molecular flexibility index (Phi) is 5.38. The van der Waals surface area contributed by atoms with Crippen LogP contribution < -0.4 is 5.73 Å². The number of imidazole rings is 1. The summed E-state index contributed by atoms with van der Waals surface area (Å²) >= 11 is 0. The summed E-state index contributed by atoms with van der Waals surface area (Å²) in [6.07, 6.45) is -4.20. The van der Waals surface area contributed by atoms with Crippen molar-refractivity contribution in [2.45, 2.75) is 37.3 Å². The van der Waals surface area contributed by atoms with E-state index in [1.165, 1.54) is 10.9 Å². The second-order valence-corrected chi connectivity index (χ2v) is 7.79. The lowest BCUT2D eigenvalue weighted by Gasteiger charge is -2.19. The van der Waals surface area contributed by atoms with Gasteiger partial charge in [-0.25, -0.2) is 19.7 Å². The van der Waals surface area contributed by atoms with E-state index in [0.29, 0.717) is 5.82 Å². The number of nitrogen functional groups attached to an aromatic ring is 1. The van der Waals surface area contributed by atoms with Gasteiger partial charge in [0.2, 0.25) is 0 Å². The number of hydrogen-bond donors (Lipinski definition) is 6. The minimum atomic E-state index is -5.10. The van der Waals surface area contributed by atoms with Gasteiger partial charge in [0.1, 0.15) is 29.7 Å². The van der Waals surface area contributed by atoms with Gasteiger partial charge in [0.15, 0.2) is 17.7 Å². The molecule has 0 bridgehead atoms. The van der Waals surface area contributed by atoms with Gasteiger partial charge in [-0.1, -0.05) is 0 Å². The van der Waals surface area contributed by atoms with Gasteiger partial charge in [-0.3, -0.25) is 9.13 Å². The zero-order valence-electron chi connectivity index (χ0n) is 14.4. The molecule has 1 aliphatic heterocycles. The van der Waals surface area contributed by atoms with Crippen LogP contribution in [0.15, 0.2) is 6.33 Å². The molecule has 1 saturated heterocycles. The average molecular weight is 419 g/mol. The number of ether oxygens (including phenoxy) is 2. The molecule has 0 saturated carbocycles. The van der Waals surface area contributed by atoms with Gasteiger partial charge in [-0.15, -0.1) is 0 Å². The van der Waals surface area contributed by atoms with Crippen molar-refractivity contribution < 1.29 is 43.9 Å². The number of aliphatic hydroxyl groups is 2. The first-order chi connectivity index (χ1) is 13.0. The van der Waals surface area contributed by atoms with E-state index < -0.39 is 50.6 Å². The minimum absolute atomic E-state index is 0.111. The molecule has 0 amide bonds. The molecule has 154 valence electrons. The summed E-state index contributed by atoms with van der Waals surface area (Å²) in [6.45, 7) is 0.901. The standard InChI is InChI=1S/C13H18N5O9P/c1-4-16-9(14)6-10(17-4)18(3-15-6)11-8(20)7(19)5(27-11)2-26-13(12(21)22)28(23,24)25/h3,5,7-8,11,13,19-20H,2H2,1H3,(H,21,22)(H2,14,16,17)(H2,23,24,25)/t5-,7+,8-,11-,13+/m1/s1. The SMILES string of the molecule is Cc1nc(N)c2ncn([C@@H]3O[C@H](CO[C@H](C(=O)O)P(=O)(O)O)[C@H](O)[C@H]3O)c2n1. The fourth-order valence-electron chi connectivity index (χ4n) is 2.83. The number of rotatable bonds is 6. The third-order valence-corrected chi connectivity index (χ3v) is 5.09. The summed E-state index contributed by atoms with van der Waals surface area (Å²) in [5.41, 5.74) is 6.27. The van der Waals surface area contributed by atoms with Crippen LogP contribution in [0, 0.1) is 6.92 Å². The molecule has 3 rings (SSSR count). The molecule has 5 atom stereocenters. The molecule has 3 heterocycles. The summed E-state index contributed by atoms with van der Waals surface area (Å²) in [6, 6.07) is 0. The molecule has 1 fully saturated rings. The van der Waals surface area contributed by atoms with Crippen molar-refractivity contribution >= 4 is 30.5 Å². The Balaban J connectivity index is 1.81. The second-order valence-electron chi connectivity index (χ2n) is 6.14. The van der Waals surface area contributed by atoms with Crippen LogP contribution in [-0.2, 0) is 18.8 Å². The number of carboxylic acid groups (broad SMARTS) is 1. The number of aryl methyl sites for hydroxylation is 1. The number of hydrogen-bond acceptors (Lipinski definition) is 10. The molecular weight excluding hydrogens is 401 g/mol. The van der Waals surface area contributed by atoms with Crippen molar-refractivity contribution in [2.24, 2.45) is 0 Å². The van der Waals surface area contributed by atoms with Crippen molar-refractivity contribution in [2.75, 3.05) is 12.3 Å². The maximum Gasteiger partial charge on any atom is 0.365 e. The van der Waals surface area contributed by atoms with Gasteiger partial charge < -0.3 is 40.3 Å². The van der Waals surface area contributed by atoms with E-state index in [2.05, 4.69) is 15.0 Å². The summed E-state index contributed by atoms with van der Waals surface area (Å²) in [5.74, 6) is -3.85. The van der Waals surface area contributed by atoms with Crippen LogP contribution in [-0.4, -0.2) is 81.4 Å². The number of aromatic nitrogens is 4. The molecule has 0 aromatic carbocycles. The van der Waals surface area contributed by atoms with Gasteiger partial charge in [0, 0.05) is 0 Å². The molecule has 2 aromatic rings. The molecule has 0 unspecified atom stereocenters. The van der Waals surface area contributed by atoms with E-state index in [1.807, 2.05) is 0 Å². The Bertz CT molecular complexity index is 946. The van der Waals surface area contributed by atoms with Crippen molar-refractivity contribution in [3.8, 4) is 0 Å². The second kappa shape index (κ2) is 7.33. The number of carboxylic acids is 1. The fourth-order valence-corrected chi connectivity index (χ4v) is 3.40. The van der Waals surface area contributed by atoms with Crippen molar-refractivity contribution in [3.63, 3.8) is 0 Å². The number of anilines is 1. The monoisotopic (exact) mass is 419 g/mol. The molecule has 0 radical (unpaired) electrons. The topological polar surface area (TPSA) is 223 Å². The predicted octanol–water partition coefficient (Wildman–Crippen LogP) is -2.06. The molecule has 0 aliphatic carbocycles. The van der Waals surface area contributed by atoms with E-state index in [-0.39, 0.29) is 17.0 Å². The number of nitrogens with zero attached hydrogens (tertiary/aromatic N) is 4. The van der Waals surface area contributed by atoms with E-state index >= 15 is 0 Å². The van der Waals surface area contributed by atoms with Crippen LogP contribution in [0.25, 0.3) is 11.2 Å². The largest absolute Gasteiger partial charge is 0.479 e. The van der Waals surface area contributed by atoms with Gasteiger partial charge >= 0.3 is 13.6 Å². The summed E-state index contributed by atoms with van der Waals surface area (Å²) < 4.78 is 22.7. The molecular formula is C13H18N5O9P. The predicted molar refractivity (Wildman–Crippen MR) is 89.8 cm³/mol. The third kappa shape index (κ3) is 3.71. The molecule has 28 heavy (non-hydrogen) atoms. The Hall–Kier alpha value is -2.19. The molecule has 14 nitrogen and oxygen atoms in total. The normalized spacial score (nSPS) is 26.6. The molecule has 2 aromatic heterocycles. The zero-order chi connectivity index (χ0) is 20.8. The average Bonchev–Trinajstić information content (AvgIpc) is 3.09. The molecule has 1 aliphatic rings. The van der Waals surface area contributed by atoms with Gasteiger partial charge in [0.05, 0.1) is 12.9 Å². The quantitative estimate of drug-likeness (QED) is 0.277. The number of fused-ring (bicyclic) bond motifs is 1. The van der Waals surface area contributed by atoms with E-state index in [0.717, 1.165) is 0 Å². The van der Waals surface area contributed by atoms with Crippen LogP contribution in [0.2, 0.25) is 0 Å². The fraction of sp³-hybridized carbons (Fsp3) is 0.538. The summed E-state index contributed by atoms with van der Waals surface area (Å²) in [7, 11) is -5.10. The lowest BCUT2D eigenvalue weighted by Crippen LogP contribution is -2.36. The molecule has 15 heteroatoms. The highest BCUT2D eigenvalue weighted by atomic mass is 31.2. The first-order valence-corrected chi connectivity index (χ1v) is 9.56. The van der Waals surface area contributed by atoms with Crippen LogP contribution in [0.4, 0.5) is 5.82 Å². The zero-order valence-corrected chi connectivity index (χ0v) is 15.2.